The fraction of sp³-hybridized carbons (Fsp3) is 0.350. The Morgan fingerprint density at radius 3 is 2.45 bits per heavy atom. The molecule has 0 fully saturated rings. The second-order valence-electron chi connectivity index (χ2n) is 6.93. The normalized spacial score (nSPS) is 12.1. The zero-order valence-electron chi connectivity index (χ0n) is 16.1. The highest BCUT2D eigenvalue weighted by Crippen LogP contribution is 2.35. The van der Waals surface area contributed by atoms with Crippen molar-refractivity contribution >= 4 is 23.3 Å². The highest BCUT2D eigenvalue weighted by atomic mass is 32.1. The molecule has 0 atom stereocenters. The average molecular weight is 423 g/mol. The monoisotopic (exact) mass is 423 g/mol. The van der Waals surface area contributed by atoms with E-state index in [0.29, 0.717) is 5.56 Å². The number of ether oxygens (including phenoxy) is 1. The maximum absolute atomic E-state index is 13.8. The van der Waals surface area contributed by atoms with Gasteiger partial charge in [-0.2, -0.15) is 13.2 Å². The van der Waals surface area contributed by atoms with Crippen LogP contribution in [0, 0.1) is 4.77 Å². The van der Waals surface area contributed by atoms with Crippen molar-refractivity contribution in [3.63, 3.8) is 0 Å². The van der Waals surface area contributed by atoms with E-state index in [1.807, 2.05) is 26.0 Å². The van der Waals surface area contributed by atoms with Gasteiger partial charge < -0.3 is 9.30 Å². The minimum Gasteiger partial charge on any atom is -0.383 e. The van der Waals surface area contributed by atoms with Gasteiger partial charge in [0.2, 0.25) is 0 Å². The van der Waals surface area contributed by atoms with E-state index in [0.717, 1.165) is 11.6 Å². The lowest BCUT2D eigenvalue weighted by Gasteiger charge is -2.16. The van der Waals surface area contributed by atoms with Gasteiger partial charge >= 0.3 is 6.18 Å². The standard InChI is InChI=1S/C20H20F3N3O2S/c1-11(2)12-4-6-13(7-5-12)15-10-14(20(21,22)23)16-17(24-15)26(8-9-28-3)19(29)25-18(16)27/h4-7,10-11H,8-9H2,1-3H3,(H,25,27,29). The molecule has 2 aromatic heterocycles. The summed E-state index contributed by atoms with van der Waals surface area (Å²) in [6.07, 6.45) is -4.73. The SMILES string of the molecule is COCCn1c(=S)[nH]c(=O)c2c(C(F)(F)F)cc(-c3ccc(C(C)C)cc3)nc21. The first kappa shape index (κ1) is 21.2. The lowest BCUT2D eigenvalue weighted by molar-refractivity contribution is -0.136. The summed E-state index contributed by atoms with van der Waals surface area (Å²) >= 11 is 5.15. The third-order valence-electron chi connectivity index (χ3n) is 4.65. The molecule has 0 radical (unpaired) electrons. The van der Waals surface area contributed by atoms with Crippen LogP contribution < -0.4 is 5.56 Å². The summed E-state index contributed by atoms with van der Waals surface area (Å²) < 4.78 is 47.8. The second kappa shape index (κ2) is 8.08. The molecule has 0 unspecified atom stereocenters. The van der Waals surface area contributed by atoms with Crippen LogP contribution in [0.15, 0.2) is 35.1 Å². The minimum atomic E-state index is -4.73. The van der Waals surface area contributed by atoms with E-state index in [2.05, 4.69) is 9.97 Å². The number of pyridine rings is 1. The summed E-state index contributed by atoms with van der Waals surface area (Å²) in [4.78, 5) is 19.1. The Morgan fingerprint density at radius 1 is 1.24 bits per heavy atom. The molecule has 9 heteroatoms. The van der Waals surface area contributed by atoms with E-state index in [1.54, 1.807) is 12.1 Å². The van der Waals surface area contributed by atoms with Gasteiger partial charge in [-0.1, -0.05) is 38.1 Å². The van der Waals surface area contributed by atoms with Gasteiger partial charge in [-0.05, 0) is 29.8 Å². The molecule has 0 amide bonds. The highest BCUT2D eigenvalue weighted by molar-refractivity contribution is 7.71. The number of nitrogens with one attached hydrogen (secondary N) is 1. The number of methoxy groups -OCH3 is 1. The van der Waals surface area contributed by atoms with E-state index in [1.165, 1.54) is 11.7 Å². The van der Waals surface area contributed by atoms with Crippen molar-refractivity contribution in [3.8, 4) is 11.3 Å². The van der Waals surface area contributed by atoms with Crippen molar-refractivity contribution in [1.82, 2.24) is 14.5 Å². The number of benzene rings is 1. The number of halogens is 3. The summed E-state index contributed by atoms with van der Waals surface area (Å²) in [5.41, 5.74) is -0.385. The third-order valence-corrected chi connectivity index (χ3v) is 4.97. The van der Waals surface area contributed by atoms with Gasteiger partial charge in [-0.25, -0.2) is 4.98 Å². The molecule has 29 heavy (non-hydrogen) atoms. The van der Waals surface area contributed by atoms with Gasteiger partial charge in [0, 0.05) is 12.7 Å². The number of alkyl halides is 3. The quantitative estimate of drug-likeness (QED) is 0.593. The first-order valence-electron chi connectivity index (χ1n) is 8.97. The molecule has 3 rings (SSSR count). The minimum absolute atomic E-state index is 0.00696. The van der Waals surface area contributed by atoms with Gasteiger partial charge in [0.05, 0.1) is 29.8 Å². The maximum Gasteiger partial charge on any atom is 0.417 e. The summed E-state index contributed by atoms with van der Waals surface area (Å²) in [6.45, 7) is 4.41. The number of nitrogens with zero attached hydrogens (tertiary/aromatic N) is 2. The van der Waals surface area contributed by atoms with Crippen LogP contribution in [0.5, 0.6) is 0 Å². The molecule has 3 aromatic rings. The second-order valence-corrected chi connectivity index (χ2v) is 7.32. The zero-order valence-corrected chi connectivity index (χ0v) is 16.9. The van der Waals surface area contributed by atoms with Crippen LogP contribution in [0.4, 0.5) is 13.2 Å². The van der Waals surface area contributed by atoms with Gasteiger partial charge in [0.25, 0.3) is 5.56 Å². The van der Waals surface area contributed by atoms with Gasteiger partial charge in [-0.15, -0.1) is 0 Å². The third kappa shape index (κ3) is 4.25. The fourth-order valence-corrected chi connectivity index (χ4v) is 3.34. The smallest absolute Gasteiger partial charge is 0.383 e. The molecular formula is C20H20F3N3O2S. The highest BCUT2D eigenvalue weighted by Gasteiger charge is 2.35. The lowest BCUT2D eigenvalue weighted by atomic mass is 10.00. The molecule has 1 N–H and O–H groups in total. The van der Waals surface area contributed by atoms with Crippen LogP contribution in [-0.4, -0.2) is 28.3 Å². The first-order chi connectivity index (χ1) is 13.6. The molecule has 1 aromatic carbocycles. The molecule has 0 aliphatic heterocycles. The van der Waals surface area contributed by atoms with Crippen LogP contribution in [0.25, 0.3) is 22.3 Å². The number of rotatable bonds is 5. The van der Waals surface area contributed by atoms with Crippen molar-refractivity contribution in [2.75, 3.05) is 13.7 Å². The van der Waals surface area contributed by atoms with Crippen LogP contribution in [0.1, 0.15) is 30.9 Å². The Morgan fingerprint density at radius 2 is 1.90 bits per heavy atom. The summed E-state index contributed by atoms with van der Waals surface area (Å²) in [6, 6.07) is 8.07. The first-order valence-corrected chi connectivity index (χ1v) is 9.38. The molecule has 0 saturated heterocycles. The van der Waals surface area contributed by atoms with Crippen molar-refractivity contribution in [2.45, 2.75) is 32.5 Å². The maximum atomic E-state index is 13.8. The van der Waals surface area contributed by atoms with E-state index >= 15 is 0 Å². The molecule has 5 nitrogen and oxygen atoms in total. The molecule has 2 heterocycles. The van der Waals surface area contributed by atoms with E-state index in [4.69, 9.17) is 17.0 Å². The number of aromatic nitrogens is 3. The Hall–Kier alpha value is -2.52. The van der Waals surface area contributed by atoms with Crippen molar-refractivity contribution in [3.05, 3.63) is 56.6 Å². The predicted octanol–water partition coefficient (Wildman–Crippen LogP) is 4.91. The Bertz CT molecular complexity index is 1150. The van der Waals surface area contributed by atoms with Gasteiger partial charge in [-0.3, -0.25) is 9.78 Å². The molecule has 154 valence electrons. The number of hydrogen-bond acceptors (Lipinski definition) is 4. The van der Waals surface area contributed by atoms with Crippen LogP contribution in [0.3, 0.4) is 0 Å². The number of fused-ring (bicyclic) bond motifs is 1. The summed E-state index contributed by atoms with van der Waals surface area (Å²) in [5.74, 6) is 0.289. The number of aromatic amines is 1. The Labute approximate surface area is 170 Å². The molecule has 0 aliphatic carbocycles. The Balaban J connectivity index is 2.35. The van der Waals surface area contributed by atoms with Crippen LogP contribution in [0.2, 0.25) is 0 Å². The Kier molecular flexibility index (Phi) is 5.90. The van der Waals surface area contributed by atoms with Crippen molar-refractivity contribution < 1.29 is 17.9 Å². The average Bonchev–Trinajstić information content (AvgIpc) is 2.66. The molecular weight excluding hydrogens is 403 g/mol. The number of hydrogen-bond donors (Lipinski definition) is 1. The predicted molar refractivity (Wildman–Crippen MR) is 108 cm³/mol. The molecule has 0 aliphatic rings. The van der Waals surface area contributed by atoms with E-state index in [-0.39, 0.29) is 35.2 Å². The van der Waals surface area contributed by atoms with Crippen molar-refractivity contribution in [2.24, 2.45) is 0 Å². The molecule has 0 spiro atoms. The summed E-state index contributed by atoms with van der Waals surface area (Å²) in [5, 5.41) is -0.537. The fourth-order valence-electron chi connectivity index (χ4n) is 3.07. The topological polar surface area (TPSA) is 59.9 Å². The van der Waals surface area contributed by atoms with Crippen LogP contribution >= 0.6 is 12.2 Å². The lowest BCUT2D eigenvalue weighted by Crippen LogP contribution is -2.21. The zero-order chi connectivity index (χ0) is 21.3. The van der Waals surface area contributed by atoms with Gasteiger partial charge in [0.1, 0.15) is 5.65 Å². The molecule has 0 saturated carbocycles. The van der Waals surface area contributed by atoms with E-state index < -0.39 is 22.7 Å². The van der Waals surface area contributed by atoms with Gasteiger partial charge in [0.15, 0.2) is 4.77 Å². The largest absolute Gasteiger partial charge is 0.417 e. The van der Waals surface area contributed by atoms with Crippen molar-refractivity contribution in [1.29, 1.82) is 0 Å². The van der Waals surface area contributed by atoms with E-state index in [9.17, 15) is 18.0 Å². The molecule has 0 bridgehead atoms. The summed E-state index contributed by atoms with van der Waals surface area (Å²) in [7, 11) is 1.47. The number of H-pyrrole nitrogens is 1. The van der Waals surface area contributed by atoms with Crippen LogP contribution in [-0.2, 0) is 17.5 Å².